The Morgan fingerprint density at radius 3 is 2.65 bits per heavy atom. The van der Waals surface area contributed by atoms with Crippen molar-refractivity contribution in [2.75, 3.05) is 0 Å². The first-order valence-corrected chi connectivity index (χ1v) is 7.49. The molecule has 1 unspecified atom stereocenters. The molecule has 108 valence electrons. The third kappa shape index (κ3) is 3.17. The smallest absolute Gasteiger partial charge is 0.0860 e. The summed E-state index contributed by atoms with van der Waals surface area (Å²) in [6, 6.07) is 8.02. The molecular weight excluding hydrogens is 293 g/mol. The standard InChI is InChI=1S/C15H19Cl2N3/c1-4-20-14(15(17)11(3)19-20)9-18-10(2)12-7-5-6-8-13(12)16/h5-8,10,18H,4,9H2,1-3H3. The van der Waals surface area contributed by atoms with E-state index in [0.717, 1.165) is 33.5 Å². The average Bonchev–Trinajstić information content (AvgIpc) is 2.72. The molecule has 1 atom stereocenters. The maximum Gasteiger partial charge on any atom is 0.0860 e. The van der Waals surface area contributed by atoms with Gasteiger partial charge in [0, 0.05) is 24.2 Å². The number of hydrogen-bond donors (Lipinski definition) is 1. The molecule has 0 spiro atoms. The van der Waals surface area contributed by atoms with E-state index < -0.39 is 0 Å². The second-order valence-electron chi connectivity index (χ2n) is 4.79. The van der Waals surface area contributed by atoms with Gasteiger partial charge >= 0.3 is 0 Å². The molecule has 3 nitrogen and oxygen atoms in total. The van der Waals surface area contributed by atoms with Crippen LogP contribution in [0.2, 0.25) is 10.0 Å². The zero-order chi connectivity index (χ0) is 14.7. The lowest BCUT2D eigenvalue weighted by molar-refractivity contribution is 0.531. The molecule has 0 saturated carbocycles. The minimum absolute atomic E-state index is 0.153. The first-order valence-electron chi connectivity index (χ1n) is 6.74. The lowest BCUT2D eigenvalue weighted by atomic mass is 10.1. The van der Waals surface area contributed by atoms with Crippen LogP contribution in [0, 0.1) is 6.92 Å². The van der Waals surface area contributed by atoms with Crippen molar-refractivity contribution < 1.29 is 0 Å². The molecule has 1 aromatic carbocycles. The molecule has 5 heteroatoms. The zero-order valence-corrected chi connectivity index (χ0v) is 13.5. The normalized spacial score (nSPS) is 12.7. The van der Waals surface area contributed by atoms with Gasteiger partial charge in [0.05, 0.1) is 16.4 Å². The number of hydrogen-bond acceptors (Lipinski definition) is 2. The van der Waals surface area contributed by atoms with Crippen LogP contribution >= 0.6 is 23.2 Å². The quantitative estimate of drug-likeness (QED) is 0.888. The Kier molecular flexibility index (Phi) is 5.08. The van der Waals surface area contributed by atoms with Crippen molar-refractivity contribution in [3.05, 3.63) is 51.3 Å². The number of nitrogens with zero attached hydrogens (tertiary/aromatic N) is 2. The number of aromatic nitrogens is 2. The third-order valence-electron chi connectivity index (χ3n) is 3.40. The van der Waals surface area contributed by atoms with Gasteiger partial charge in [0.15, 0.2) is 0 Å². The molecule has 0 radical (unpaired) electrons. The zero-order valence-electron chi connectivity index (χ0n) is 12.0. The fraction of sp³-hybridized carbons (Fsp3) is 0.400. The summed E-state index contributed by atoms with van der Waals surface area (Å²) in [6.07, 6.45) is 0. The van der Waals surface area contributed by atoms with E-state index in [0.29, 0.717) is 6.54 Å². The Hall–Kier alpha value is -1.03. The monoisotopic (exact) mass is 311 g/mol. The van der Waals surface area contributed by atoms with Gasteiger partial charge in [-0.25, -0.2) is 0 Å². The van der Waals surface area contributed by atoms with Crippen LogP contribution in [-0.2, 0) is 13.1 Å². The highest BCUT2D eigenvalue weighted by molar-refractivity contribution is 6.32. The van der Waals surface area contributed by atoms with E-state index in [2.05, 4.69) is 24.3 Å². The van der Waals surface area contributed by atoms with Gasteiger partial charge in [-0.05, 0) is 32.4 Å². The molecule has 1 N–H and O–H groups in total. The number of halogens is 2. The van der Waals surface area contributed by atoms with E-state index in [1.54, 1.807) is 0 Å². The number of rotatable bonds is 5. The van der Waals surface area contributed by atoms with Gasteiger partial charge in [-0.1, -0.05) is 41.4 Å². The molecule has 0 fully saturated rings. The highest BCUT2D eigenvalue weighted by atomic mass is 35.5. The molecule has 0 aliphatic carbocycles. The van der Waals surface area contributed by atoms with Crippen LogP contribution in [0.1, 0.15) is 36.8 Å². The van der Waals surface area contributed by atoms with Gasteiger partial charge in [0.25, 0.3) is 0 Å². The van der Waals surface area contributed by atoms with Gasteiger partial charge in [0.2, 0.25) is 0 Å². The predicted octanol–water partition coefficient (Wildman–Crippen LogP) is 4.37. The maximum atomic E-state index is 6.30. The molecule has 0 bridgehead atoms. The number of aryl methyl sites for hydroxylation is 2. The van der Waals surface area contributed by atoms with Gasteiger partial charge in [-0.15, -0.1) is 0 Å². The Bertz CT molecular complexity index is 593. The van der Waals surface area contributed by atoms with Crippen molar-refractivity contribution in [2.24, 2.45) is 0 Å². The van der Waals surface area contributed by atoms with E-state index in [-0.39, 0.29) is 6.04 Å². The Labute approximate surface area is 129 Å². The van der Waals surface area contributed by atoms with E-state index in [1.807, 2.05) is 35.9 Å². The van der Waals surface area contributed by atoms with Crippen LogP contribution in [0.15, 0.2) is 24.3 Å². The molecule has 2 aromatic rings. The SMILES string of the molecule is CCn1nc(C)c(Cl)c1CNC(C)c1ccccc1Cl. The van der Waals surface area contributed by atoms with E-state index in [4.69, 9.17) is 23.2 Å². The van der Waals surface area contributed by atoms with Gasteiger partial charge in [-0.3, -0.25) is 4.68 Å². The van der Waals surface area contributed by atoms with Crippen LogP contribution < -0.4 is 5.32 Å². The average molecular weight is 312 g/mol. The number of nitrogens with one attached hydrogen (secondary N) is 1. The van der Waals surface area contributed by atoms with Gasteiger partial charge in [-0.2, -0.15) is 5.10 Å². The fourth-order valence-corrected chi connectivity index (χ4v) is 2.73. The van der Waals surface area contributed by atoms with Gasteiger partial charge < -0.3 is 5.32 Å². The van der Waals surface area contributed by atoms with Crippen molar-refractivity contribution in [1.82, 2.24) is 15.1 Å². The molecule has 0 aliphatic heterocycles. The van der Waals surface area contributed by atoms with Gasteiger partial charge in [0.1, 0.15) is 0 Å². The summed E-state index contributed by atoms with van der Waals surface area (Å²) >= 11 is 12.5. The Morgan fingerprint density at radius 1 is 1.30 bits per heavy atom. The highest BCUT2D eigenvalue weighted by Crippen LogP contribution is 2.24. The van der Waals surface area contributed by atoms with E-state index >= 15 is 0 Å². The molecule has 1 heterocycles. The lowest BCUT2D eigenvalue weighted by Gasteiger charge is -2.16. The molecule has 0 aliphatic rings. The summed E-state index contributed by atoms with van der Waals surface area (Å²) < 4.78 is 1.93. The van der Waals surface area contributed by atoms with Crippen molar-refractivity contribution in [3.63, 3.8) is 0 Å². The van der Waals surface area contributed by atoms with Crippen molar-refractivity contribution in [2.45, 2.75) is 39.9 Å². The molecular formula is C15H19Cl2N3. The first kappa shape index (κ1) is 15.4. The summed E-state index contributed by atoms with van der Waals surface area (Å²) in [5.74, 6) is 0. The highest BCUT2D eigenvalue weighted by Gasteiger charge is 2.14. The topological polar surface area (TPSA) is 29.9 Å². The Balaban J connectivity index is 2.11. The van der Waals surface area contributed by atoms with Crippen molar-refractivity contribution in [3.8, 4) is 0 Å². The Morgan fingerprint density at radius 2 is 2.00 bits per heavy atom. The first-order chi connectivity index (χ1) is 9.54. The van der Waals surface area contributed by atoms with E-state index in [9.17, 15) is 0 Å². The fourth-order valence-electron chi connectivity index (χ4n) is 2.22. The summed E-state index contributed by atoms with van der Waals surface area (Å²) in [7, 11) is 0. The van der Waals surface area contributed by atoms with Crippen LogP contribution in [0.3, 0.4) is 0 Å². The molecule has 0 amide bonds. The summed E-state index contributed by atoms with van der Waals surface area (Å²) in [5.41, 5.74) is 2.98. The molecule has 20 heavy (non-hydrogen) atoms. The van der Waals surface area contributed by atoms with Crippen LogP contribution in [-0.4, -0.2) is 9.78 Å². The van der Waals surface area contributed by atoms with Crippen LogP contribution in [0.25, 0.3) is 0 Å². The minimum Gasteiger partial charge on any atom is -0.304 e. The van der Waals surface area contributed by atoms with Crippen LogP contribution in [0.5, 0.6) is 0 Å². The largest absolute Gasteiger partial charge is 0.304 e. The molecule has 2 rings (SSSR count). The second-order valence-corrected chi connectivity index (χ2v) is 5.57. The van der Waals surface area contributed by atoms with Crippen molar-refractivity contribution >= 4 is 23.2 Å². The minimum atomic E-state index is 0.153. The summed E-state index contributed by atoms with van der Waals surface area (Å²) in [6.45, 7) is 7.55. The lowest BCUT2D eigenvalue weighted by Crippen LogP contribution is -2.20. The maximum absolute atomic E-state index is 6.30. The predicted molar refractivity (Wildman–Crippen MR) is 84.4 cm³/mol. The number of benzene rings is 1. The van der Waals surface area contributed by atoms with Crippen molar-refractivity contribution in [1.29, 1.82) is 0 Å². The van der Waals surface area contributed by atoms with E-state index in [1.165, 1.54) is 0 Å². The molecule has 0 saturated heterocycles. The molecule has 1 aromatic heterocycles. The third-order valence-corrected chi connectivity index (χ3v) is 4.24. The second kappa shape index (κ2) is 6.61. The summed E-state index contributed by atoms with van der Waals surface area (Å²) in [4.78, 5) is 0. The summed E-state index contributed by atoms with van der Waals surface area (Å²) in [5, 5.41) is 9.39. The van der Waals surface area contributed by atoms with Crippen LogP contribution in [0.4, 0.5) is 0 Å².